The highest BCUT2D eigenvalue weighted by Gasteiger charge is 2.36. The average molecular weight is 385 g/mol. The van der Waals surface area contributed by atoms with Crippen LogP contribution in [0.2, 0.25) is 0 Å². The van der Waals surface area contributed by atoms with E-state index in [1.165, 1.54) is 94.6 Å². The summed E-state index contributed by atoms with van der Waals surface area (Å²) in [5.74, 6) is 4.07. The molecule has 0 bridgehead atoms. The minimum atomic E-state index is 0.109. The highest BCUT2D eigenvalue weighted by molar-refractivity contribution is 5.37. The number of rotatable bonds is 6. The SMILES string of the molecule is CCCCCCC1CCc2cc(C3CCC4CC(C)CCC4C3)c(F)cc2C1. The third kappa shape index (κ3) is 4.65. The van der Waals surface area contributed by atoms with Gasteiger partial charge in [0.15, 0.2) is 0 Å². The van der Waals surface area contributed by atoms with Crippen molar-refractivity contribution >= 4 is 0 Å². The van der Waals surface area contributed by atoms with Crippen LogP contribution in [-0.4, -0.2) is 0 Å². The Labute approximate surface area is 172 Å². The summed E-state index contributed by atoms with van der Waals surface area (Å²) in [7, 11) is 0. The van der Waals surface area contributed by atoms with Crippen molar-refractivity contribution in [3.8, 4) is 0 Å². The zero-order chi connectivity index (χ0) is 19.5. The normalized spacial score (nSPS) is 32.6. The van der Waals surface area contributed by atoms with Crippen molar-refractivity contribution in [1.82, 2.24) is 0 Å². The molecule has 0 nitrogen and oxygen atoms in total. The summed E-state index contributed by atoms with van der Waals surface area (Å²) in [6, 6.07) is 4.24. The van der Waals surface area contributed by atoms with Gasteiger partial charge in [0.05, 0.1) is 0 Å². The molecule has 0 amide bonds. The second kappa shape index (κ2) is 9.31. The molecule has 3 aliphatic rings. The van der Waals surface area contributed by atoms with Crippen LogP contribution in [0.15, 0.2) is 12.1 Å². The summed E-state index contributed by atoms with van der Waals surface area (Å²) in [5.41, 5.74) is 3.87. The Morgan fingerprint density at radius 1 is 0.893 bits per heavy atom. The molecular weight excluding hydrogens is 343 g/mol. The molecular formula is C27H41F. The Balaban J connectivity index is 1.39. The van der Waals surface area contributed by atoms with Gasteiger partial charge in [0.1, 0.15) is 5.82 Å². The topological polar surface area (TPSA) is 0 Å². The summed E-state index contributed by atoms with van der Waals surface area (Å²) in [6.45, 7) is 4.70. The van der Waals surface area contributed by atoms with Crippen LogP contribution in [0.1, 0.15) is 114 Å². The van der Waals surface area contributed by atoms with Crippen LogP contribution in [0.25, 0.3) is 0 Å². The van der Waals surface area contributed by atoms with Gasteiger partial charge in [-0.25, -0.2) is 4.39 Å². The number of hydrogen-bond donors (Lipinski definition) is 0. The summed E-state index contributed by atoms with van der Waals surface area (Å²) in [4.78, 5) is 0. The fourth-order valence-corrected chi connectivity index (χ4v) is 6.70. The van der Waals surface area contributed by atoms with Gasteiger partial charge in [-0.2, -0.15) is 0 Å². The van der Waals surface area contributed by atoms with Gasteiger partial charge in [0.2, 0.25) is 0 Å². The number of unbranched alkanes of at least 4 members (excludes halogenated alkanes) is 3. The standard InChI is InChI=1S/C27H41F/c1-3-4-5-6-7-20-9-11-23-17-26(27(28)18-25(23)15-20)24-13-12-21-14-19(2)8-10-22(21)16-24/h17-22,24H,3-16H2,1-2H3. The third-order valence-electron chi connectivity index (χ3n) is 8.43. The first-order chi connectivity index (χ1) is 13.6. The second-order valence-corrected chi connectivity index (χ2v) is 10.5. The largest absolute Gasteiger partial charge is 0.207 e. The lowest BCUT2D eigenvalue weighted by atomic mass is 9.64. The van der Waals surface area contributed by atoms with Crippen molar-refractivity contribution < 1.29 is 4.39 Å². The minimum absolute atomic E-state index is 0.109. The Morgan fingerprint density at radius 2 is 1.71 bits per heavy atom. The zero-order valence-electron chi connectivity index (χ0n) is 18.3. The first kappa shape index (κ1) is 20.4. The molecule has 0 spiro atoms. The first-order valence-corrected chi connectivity index (χ1v) is 12.4. The van der Waals surface area contributed by atoms with Crippen molar-refractivity contribution in [3.63, 3.8) is 0 Å². The molecule has 2 saturated carbocycles. The van der Waals surface area contributed by atoms with Crippen molar-refractivity contribution in [3.05, 3.63) is 34.6 Å². The average Bonchev–Trinajstić information content (AvgIpc) is 2.70. The highest BCUT2D eigenvalue weighted by Crippen LogP contribution is 2.48. The second-order valence-electron chi connectivity index (χ2n) is 10.5. The van der Waals surface area contributed by atoms with E-state index in [0.717, 1.165) is 35.7 Å². The molecule has 5 atom stereocenters. The molecule has 3 aliphatic carbocycles. The predicted octanol–water partition coefficient (Wildman–Crippen LogP) is 8.22. The predicted molar refractivity (Wildman–Crippen MR) is 117 cm³/mol. The Morgan fingerprint density at radius 3 is 2.57 bits per heavy atom. The van der Waals surface area contributed by atoms with E-state index < -0.39 is 0 Å². The maximum Gasteiger partial charge on any atom is 0.126 e. The van der Waals surface area contributed by atoms with E-state index in [1.807, 2.05) is 6.07 Å². The summed E-state index contributed by atoms with van der Waals surface area (Å²) < 4.78 is 15.1. The van der Waals surface area contributed by atoms with Crippen molar-refractivity contribution in [2.24, 2.45) is 23.7 Å². The molecule has 1 aromatic carbocycles. The van der Waals surface area contributed by atoms with Gasteiger partial charge in [-0.1, -0.05) is 58.4 Å². The third-order valence-corrected chi connectivity index (χ3v) is 8.43. The summed E-state index contributed by atoms with van der Waals surface area (Å²) >= 11 is 0. The van der Waals surface area contributed by atoms with E-state index in [0.29, 0.717) is 5.92 Å². The molecule has 0 saturated heterocycles. The van der Waals surface area contributed by atoms with E-state index in [1.54, 1.807) is 0 Å². The number of fused-ring (bicyclic) bond motifs is 2. The van der Waals surface area contributed by atoms with Crippen molar-refractivity contribution in [1.29, 1.82) is 0 Å². The van der Waals surface area contributed by atoms with Crippen molar-refractivity contribution in [2.75, 3.05) is 0 Å². The molecule has 2 fully saturated rings. The molecule has 0 aromatic heterocycles. The molecule has 1 aromatic rings. The molecule has 5 unspecified atom stereocenters. The number of aryl methyl sites for hydroxylation is 1. The summed E-state index contributed by atoms with van der Waals surface area (Å²) in [5, 5.41) is 0. The van der Waals surface area contributed by atoms with Gasteiger partial charge in [0, 0.05) is 0 Å². The van der Waals surface area contributed by atoms with Crippen LogP contribution in [0.3, 0.4) is 0 Å². The molecule has 156 valence electrons. The maximum atomic E-state index is 15.1. The Hall–Kier alpha value is -0.850. The van der Waals surface area contributed by atoms with E-state index in [-0.39, 0.29) is 5.82 Å². The van der Waals surface area contributed by atoms with Gasteiger partial charge in [0.25, 0.3) is 0 Å². The van der Waals surface area contributed by atoms with Crippen LogP contribution in [0.4, 0.5) is 4.39 Å². The first-order valence-electron chi connectivity index (χ1n) is 12.4. The van der Waals surface area contributed by atoms with Crippen LogP contribution in [0, 0.1) is 29.5 Å². The quantitative estimate of drug-likeness (QED) is 0.433. The molecule has 4 rings (SSSR count). The lowest BCUT2D eigenvalue weighted by Gasteiger charge is -2.42. The molecule has 0 N–H and O–H groups in total. The van der Waals surface area contributed by atoms with Gasteiger partial charge in [-0.15, -0.1) is 0 Å². The summed E-state index contributed by atoms with van der Waals surface area (Å²) in [6.07, 6.45) is 18.3. The highest BCUT2D eigenvalue weighted by atomic mass is 19.1. The molecule has 1 heteroatoms. The van der Waals surface area contributed by atoms with Gasteiger partial charge in [-0.05, 0) is 104 Å². The van der Waals surface area contributed by atoms with E-state index >= 15 is 4.39 Å². The zero-order valence-corrected chi connectivity index (χ0v) is 18.3. The number of benzene rings is 1. The Kier molecular flexibility index (Phi) is 6.79. The monoisotopic (exact) mass is 384 g/mol. The fraction of sp³-hybridized carbons (Fsp3) is 0.778. The van der Waals surface area contributed by atoms with Crippen LogP contribution >= 0.6 is 0 Å². The van der Waals surface area contributed by atoms with Crippen LogP contribution in [-0.2, 0) is 12.8 Å². The maximum absolute atomic E-state index is 15.1. The fourth-order valence-electron chi connectivity index (χ4n) is 6.70. The molecule has 28 heavy (non-hydrogen) atoms. The van der Waals surface area contributed by atoms with Crippen LogP contribution in [0.5, 0.6) is 0 Å². The van der Waals surface area contributed by atoms with Gasteiger partial charge < -0.3 is 0 Å². The number of halogens is 1. The Bertz CT molecular complexity index is 648. The smallest absolute Gasteiger partial charge is 0.126 e. The van der Waals surface area contributed by atoms with Crippen LogP contribution < -0.4 is 0 Å². The van der Waals surface area contributed by atoms with Gasteiger partial charge in [-0.3, -0.25) is 0 Å². The van der Waals surface area contributed by atoms with Crippen molar-refractivity contribution in [2.45, 2.75) is 110 Å². The molecule has 0 heterocycles. The molecule has 0 aliphatic heterocycles. The lowest BCUT2D eigenvalue weighted by molar-refractivity contribution is 0.124. The lowest BCUT2D eigenvalue weighted by Crippen LogP contribution is -2.30. The number of hydrogen-bond acceptors (Lipinski definition) is 0. The van der Waals surface area contributed by atoms with Gasteiger partial charge >= 0.3 is 0 Å². The van der Waals surface area contributed by atoms with E-state index in [2.05, 4.69) is 19.9 Å². The van der Waals surface area contributed by atoms with E-state index in [4.69, 9.17) is 0 Å². The minimum Gasteiger partial charge on any atom is -0.207 e. The van der Waals surface area contributed by atoms with E-state index in [9.17, 15) is 0 Å². The molecule has 0 radical (unpaired) electrons.